The van der Waals surface area contributed by atoms with E-state index in [4.69, 9.17) is 20.4 Å². The largest absolute Gasteiger partial charge is 0.478 e. The van der Waals surface area contributed by atoms with Crippen LogP contribution in [0.15, 0.2) is 121 Å². The number of hydrogen-bond donors (Lipinski definition) is 4. The van der Waals surface area contributed by atoms with E-state index in [1.54, 1.807) is 121 Å². The molecule has 0 aromatic heterocycles. The zero-order valence-electron chi connectivity index (χ0n) is 20.4. The molecule has 0 saturated heterocycles. The van der Waals surface area contributed by atoms with Crippen LogP contribution in [0, 0.1) is 0 Å². The van der Waals surface area contributed by atoms with Crippen LogP contribution in [0.2, 0.25) is 0 Å². The van der Waals surface area contributed by atoms with E-state index in [0.29, 0.717) is 22.3 Å². The summed E-state index contributed by atoms with van der Waals surface area (Å²) in [7, 11) is 0. The number of carboxylic acid groups (broad SMARTS) is 4. The fourth-order valence-electron chi connectivity index (χ4n) is 2.32. The zero-order chi connectivity index (χ0) is 26.8. The Morgan fingerprint density at radius 2 is 0.447 bits per heavy atom. The summed E-state index contributed by atoms with van der Waals surface area (Å²) in [5, 5.41) is 33.5. The van der Waals surface area contributed by atoms with Crippen LogP contribution in [-0.4, -0.2) is 44.3 Å². The third-order valence-electron chi connectivity index (χ3n) is 4.08. The molecule has 4 aromatic rings. The molecule has 38 heavy (non-hydrogen) atoms. The summed E-state index contributed by atoms with van der Waals surface area (Å²) in [6.07, 6.45) is 0. The molecule has 10 heteroatoms. The summed E-state index contributed by atoms with van der Waals surface area (Å²) in [5.74, 6) is -3.52. The van der Waals surface area contributed by atoms with Gasteiger partial charge in [0, 0.05) is 54.6 Å². The van der Waals surface area contributed by atoms with Gasteiger partial charge in [-0.2, -0.15) is 0 Å². The molecule has 0 unspecified atom stereocenters. The van der Waals surface area contributed by atoms with Gasteiger partial charge in [-0.15, -0.1) is 0 Å². The number of hydrogen-bond acceptors (Lipinski definition) is 4. The van der Waals surface area contributed by atoms with Gasteiger partial charge in [0.15, 0.2) is 0 Å². The Morgan fingerprint density at radius 3 is 0.526 bits per heavy atom. The maximum absolute atomic E-state index is 10.2. The number of carboxylic acids is 4. The number of carbonyl (C=O) groups is 4. The molecule has 4 N–H and O–H groups in total. The molecule has 0 heterocycles. The second kappa shape index (κ2) is 21.7. The molecule has 0 atom stereocenters. The van der Waals surface area contributed by atoms with Crippen LogP contribution < -0.4 is 0 Å². The molecular weight excluding hydrogens is 689 g/mol. The minimum Gasteiger partial charge on any atom is -0.478 e. The molecule has 0 aliphatic heterocycles. The van der Waals surface area contributed by atoms with Crippen molar-refractivity contribution in [2.75, 3.05) is 0 Å². The van der Waals surface area contributed by atoms with Gasteiger partial charge >= 0.3 is 23.9 Å². The first kappa shape index (κ1) is 36.8. The molecule has 188 valence electrons. The number of aromatic carboxylic acids is 4. The summed E-state index contributed by atoms with van der Waals surface area (Å²) in [6.45, 7) is 0. The molecule has 0 fully saturated rings. The van der Waals surface area contributed by atoms with Gasteiger partial charge in [0.1, 0.15) is 0 Å². The van der Waals surface area contributed by atoms with Crippen LogP contribution in [0.5, 0.6) is 0 Å². The zero-order valence-corrected chi connectivity index (χ0v) is 28.5. The molecule has 0 saturated carbocycles. The summed E-state index contributed by atoms with van der Waals surface area (Å²) in [5.41, 5.74) is 1.32. The monoisotopic (exact) mass is 716 g/mol. The predicted molar refractivity (Wildman–Crippen MR) is 134 cm³/mol. The minimum absolute atomic E-state index is 0. The molecule has 0 aliphatic carbocycles. The van der Waals surface area contributed by atoms with Crippen molar-refractivity contribution in [2.24, 2.45) is 0 Å². The van der Waals surface area contributed by atoms with Crippen molar-refractivity contribution in [3.63, 3.8) is 0 Å². The van der Waals surface area contributed by atoms with Crippen molar-refractivity contribution in [1.29, 1.82) is 0 Å². The van der Waals surface area contributed by atoms with Crippen LogP contribution in [0.3, 0.4) is 0 Å². The van der Waals surface area contributed by atoms with Crippen molar-refractivity contribution in [3.05, 3.63) is 144 Å². The van der Waals surface area contributed by atoms with Gasteiger partial charge in [-0.3, -0.25) is 0 Å². The molecule has 4 rings (SSSR count). The van der Waals surface area contributed by atoms with Gasteiger partial charge in [-0.25, -0.2) is 19.2 Å². The molecule has 0 spiro atoms. The second-order valence-electron chi connectivity index (χ2n) is 6.68. The van der Waals surface area contributed by atoms with Crippen molar-refractivity contribution >= 4 is 23.9 Å². The van der Waals surface area contributed by atoms with Gasteiger partial charge < -0.3 is 20.4 Å². The van der Waals surface area contributed by atoms with Crippen molar-refractivity contribution in [2.45, 2.75) is 0 Å². The first-order valence-corrected chi connectivity index (χ1v) is 10.4. The average Bonchev–Trinajstić information content (AvgIpc) is 2.92. The normalized spacial score (nSPS) is 8.42. The quantitative estimate of drug-likeness (QED) is 0.202. The van der Waals surface area contributed by atoms with Crippen LogP contribution in [0.25, 0.3) is 0 Å². The van der Waals surface area contributed by atoms with E-state index in [9.17, 15) is 19.2 Å². The van der Waals surface area contributed by atoms with Crippen molar-refractivity contribution < 1.29 is 94.2 Å². The molecule has 0 amide bonds. The Hall–Kier alpha value is -3.40. The molecule has 0 bridgehead atoms. The smallest absolute Gasteiger partial charge is 0.335 e. The van der Waals surface area contributed by atoms with Crippen LogP contribution in [-0.2, 0) is 54.6 Å². The van der Waals surface area contributed by atoms with E-state index in [2.05, 4.69) is 0 Å². The summed E-state index contributed by atoms with van der Waals surface area (Å²) < 4.78 is 0. The molecule has 8 nitrogen and oxygen atoms in total. The maximum Gasteiger partial charge on any atom is 0.335 e. The number of rotatable bonds is 4. The van der Waals surface area contributed by atoms with E-state index in [1.165, 1.54) is 0 Å². The molecule has 0 radical (unpaired) electrons. The predicted octanol–water partition coefficient (Wildman–Crippen LogP) is 5.53. The van der Waals surface area contributed by atoms with Gasteiger partial charge in [0.05, 0.1) is 22.3 Å². The third-order valence-corrected chi connectivity index (χ3v) is 4.08. The Labute approximate surface area is 259 Å². The minimum atomic E-state index is -0.879. The van der Waals surface area contributed by atoms with Crippen LogP contribution >= 0.6 is 0 Å². The first-order valence-electron chi connectivity index (χ1n) is 10.4. The Bertz CT molecular complexity index is 1020. The van der Waals surface area contributed by atoms with Gasteiger partial charge in [-0.1, -0.05) is 72.8 Å². The SMILES string of the molecule is O=C(O)c1ccccc1.O=C(O)c1ccccc1.O=C(O)c1ccccc1.O=C(O)c1ccccc1.[Cd].[Cd]. The summed E-state index contributed by atoms with van der Waals surface area (Å²) in [4.78, 5) is 40.8. The standard InChI is InChI=1S/4C7H6O2.2Cd/c4*8-7(9)6-4-2-1-3-5-6;;/h4*1-5H,(H,8,9);;. The van der Waals surface area contributed by atoms with E-state index < -0.39 is 23.9 Å². The number of benzene rings is 4. The van der Waals surface area contributed by atoms with Crippen molar-refractivity contribution in [1.82, 2.24) is 0 Å². The van der Waals surface area contributed by atoms with E-state index in [0.717, 1.165) is 0 Å². The topological polar surface area (TPSA) is 149 Å². The van der Waals surface area contributed by atoms with E-state index in [1.807, 2.05) is 0 Å². The third kappa shape index (κ3) is 16.4. The maximum atomic E-state index is 10.2. The molecule has 4 aromatic carbocycles. The fourth-order valence-corrected chi connectivity index (χ4v) is 2.32. The van der Waals surface area contributed by atoms with Crippen molar-refractivity contribution in [3.8, 4) is 0 Å². The first-order chi connectivity index (χ1) is 17.2. The van der Waals surface area contributed by atoms with Crippen LogP contribution in [0.4, 0.5) is 0 Å². The van der Waals surface area contributed by atoms with E-state index in [-0.39, 0.29) is 54.6 Å². The Morgan fingerprint density at radius 1 is 0.316 bits per heavy atom. The van der Waals surface area contributed by atoms with Gasteiger partial charge in [0.25, 0.3) is 0 Å². The molecular formula is C28H24Cd2O8. The second-order valence-corrected chi connectivity index (χ2v) is 6.68. The Balaban J connectivity index is 0. The summed E-state index contributed by atoms with van der Waals surface area (Å²) in [6, 6.07) is 33.2. The molecule has 0 aliphatic rings. The Kier molecular flexibility index (Phi) is 21.0. The summed E-state index contributed by atoms with van der Waals surface area (Å²) >= 11 is 0. The fraction of sp³-hybridized carbons (Fsp3) is 0. The average molecular weight is 713 g/mol. The van der Waals surface area contributed by atoms with Gasteiger partial charge in [-0.05, 0) is 48.5 Å². The van der Waals surface area contributed by atoms with Crippen LogP contribution in [0.1, 0.15) is 41.4 Å². The van der Waals surface area contributed by atoms with E-state index >= 15 is 0 Å². The van der Waals surface area contributed by atoms with Gasteiger partial charge in [0.2, 0.25) is 0 Å².